The van der Waals surface area contributed by atoms with Crippen molar-refractivity contribution in [2.24, 2.45) is 5.92 Å². The van der Waals surface area contributed by atoms with Crippen LogP contribution in [0.2, 0.25) is 0 Å². The first-order valence-electron chi connectivity index (χ1n) is 8.02. The van der Waals surface area contributed by atoms with Crippen molar-refractivity contribution in [3.8, 4) is 0 Å². The Morgan fingerprint density at radius 1 is 1.42 bits per heavy atom. The van der Waals surface area contributed by atoms with Gasteiger partial charge in [-0.15, -0.1) is 11.3 Å². The normalized spacial score (nSPS) is 17.3. The smallest absolute Gasteiger partial charge is 0.257 e. The van der Waals surface area contributed by atoms with E-state index in [1.54, 1.807) is 19.1 Å². The lowest BCUT2D eigenvalue weighted by Gasteiger charge is -2.15. The Labute approximate surface area is 146 Å². The van der Waals surface area contributed by atoms with Gasteiger partial charge in [-0.05, 0) is 43.4 Å². The third kappa shape index (κ3) is 3.52. The molecule has 1 aliphatic rings. The Kier molecular flexibility index (Phi) is 4.73. The van der Waals surface area contributed by atoms with E-state index in [1.165, 1.54) is 28.3 Å². The summed E-state index contributed by atoms with van der Waals surface area (Å²) >= 11 is 1.52. The molecule has 24 heavy (non-hydrogen) atoms. The molecule has 5 nitrogen and oxygen atoms in total. The fourth-order valence-electron chi connectivity index (χ4n) is 2.76. The summed E-state index contributed by atoms with van der Waals surface area (Å²) in [6.45, 7) is 3.81. The SMILES string of the molecule is CCS(=O)(=O)c1cccc(C(=O)Nc2nc3c(s2)CC(C)CC3)c1. The number of carbonyl (C=O) groups excluding carboxylic acids is 1. The molecule has 0 saturated carbocycles. The number of aryl methyl sites for hydroxylation is 1. The number of sulfone groups is 1. The summed E-state index contributed by atoms with van der Waals surface area (Å²) in [5, 5.41) is 3.39. The zero-order valence-electron chi connectivity index (χ0n) is 13.7. The van der Waals surface area contributed by atoms with E-state index < -0.39 is 9.84 Å². The fourth-order valence-corrected chi connectivity index (χ4v) is 4.85. The van der Waals surface area contributed by atoms with Gasteiger partial charge in [0.25, 0.3) is 5.91 Å². The van der Waals surface area contributed by atoms with Gasteiger partial charge in [0.15, 0.2) is 15.0 Å². The highest BCUT2D eigenvalue weighted by atomic mass is 32.2. The number of hydrogen-bond donors (Lipinski definition) is 1. The number of carbonyl (C=O) groups is 1. The molecule has 1 aromatic heterocycles. The van der Waals surface area contributed by atoms with Crippen LogP contribution in [0.25, 0.3) is 0 Å². The second kappa shape index (κ2) is 6.64. The summed E-state index contributed by atoms with van der Waals surface area (Å²) < 4.78 is 23.9. The number of hydrogen-bond acceptors (Lipinski definition) is 5. The minimum absolute atomic E-state index is 0.00938. The first-order valence-corrected chi connectivity index (χ1v) is 10.5. The average Bonchev–Trinajstić information content (AvgIpc) is 2.96. The van der Waals surface area contributed by atoms with Crippen LogP contribution in [0, 0.1) is 5.92 Å². The first-order chi connectivity index (χ1) is 11.4. The molecule has 0 radical (unpaired) electrons. The highest BCUT2D eigenvalue weighted by Gasteiger charge is 2.21. The first kappa shape index (κ1) is 17.1. The zero-order chi connectivity index (χ0) is 17.3. The molecule has 1 aliphatic carbocycles. The van der Waals surface area contributed by atoms with Crippen LogP contribution in [-0.2, 0) is 22.7 Å². The summed E-state index contributed by atoms with van der Waals surface area (Å²) in [4.78, 5) is 18.3. The molecule has 0 fully saturated rings. The monoisotopic (exact) mass is 364 g/mol. The molecule has 2 aromatic rings. The van der Waals surface area contributed by atoms with E-state index in [1.807, 2.05) is 0 Å². The van der Waals surface area contributed by atoms with Crippen molar-refractivity contribution in [2.75, 3.05) is 11.1 Å². The maximum absolute atomic E-state index is 12.4. The number of rotatable bonds is 4. The molecule has 1 atom stereocenters. The number of nitrogens with one attached hydrogen (secondary N) is 1. The molecule has 1 amide bonds. The summed E-state index contributed by atoms with van der Waals surface area (Å²) in [5.41, 5.74) is 1.40. The van der Waals surface area contributed by atoms with Crippen molar-refractivity contribution in [3.63, 3.8) is 0 Å². The number of thiazole rings is 1. The van der Waals surface area contributed by atoms with Gasteiger partial charge in [-0.2, -0.15) is 0 Å². The van der Waals surface area contributed by atoms with Gasteiger partial charge >= 0.3 is 0 Å². The third-order valence-corrected chi connectivity index (χ3v) is 7.01. The number of amides is 1. The molecule has 128 valence electrons. The van der Waals surface area contributed by atoms with Crippen LogP contribution in [0.5, 0.6) is 0 Å². The van der Waals surface area contributed by atoms with E-state index in [0.717, 1.165) is 25.0 Å². The van der Waals surface area contributed by atoms with Crippen LogP contribution in [0.1, 0.15) is 41.2 Å². The maximum Gasteiger partial charge on any atom is 0.257 e. The predicted octanol–water partition coefficient (Wildman–Crippen LogP) is 3.31. The van der Waals surface area contributed by atoms with Crippen LogP contribution in [0.3, 0.4) is 0 Å². The molecule has 0 bridgehead atoms. The second-order valence-electron chi connectivity index (χ2n) is 6.12. The minimum atomic E-state index is -3.33. The van der Waals surface area contributed by atoms with Crippen molar-refractivity contribution in [1.29, 1.82) is 0 Å². The quantitative estimate of drug-likeness (QED) is 0.903. The minimum Gasteiger partial charge on any atom is -0.298 e. The molecule has 0 aliphatic heterocycles. The van der Waals surface area contributed by atoms with Crippen molar-refractivity contribution >= 4 is 32.2 Å². The zero-order valence-corrected chi connectivity index (χ0v) is 15.3. The second-order valence-corrected chi connectivity index (χ2v) is 9.48. The van der Waals surface area contributed by atoms with Crippen LogP contribution in [0.4, 0.5) is 5.13 Å². The largest absolute Gasteiger partial charge is 0.298 e. The van der Waals surface area contributed by atoms with Gasteiger partial charge in [0.1, 0.15) is 0 Å². The maximum atomic E-state index is 12.4. The van der Waals surface area contributed by atoms with E-state index in [-0.39, 0.29) is 16.6 Å². The van der Waals surface area contributed by atoms with Gasteiger partial charge in [0, 0.05) is 10.4 Å². The van der Waals surface area contributed by atoms with E-state index in [2.05, 4.69) is 17.2 Å². The van der Waals surface area contributed by atoms with Crippen molar-refractivity contribution in [3.05, 3.63) is 40.4 Å². The van der Waals surface area contributed by atoms with Crippen molar-refractivity contribution in [1.82, 2.24) is 4.98 Å². The van der Waals surface area contributed by atoms with E-state index in [0.29, 0.717) is 16.6 Å². The lowest BCUT2D eigenvalue weighted by molar-refractivity contribution is 0.102. The van der Waals surface area contributed by atoms with Crippen LogP contribution in [-0.4, -0.2) is 25.1 Å². The Morgan fingerprint density at radius 2 is 2.21 bits per heavy atom. The van der Waals surface area contributed by atoms with Crippen LogP contribution in [0.15, 0.2) is 29.2 Å². The summed E-state index contributed by atoms with van der Waals surface area (Å²) in [5.74, 6) is 0.329. The van der Waals surface area contributed by atoms with Crippen LogP contribution >= 0.6 is 11.3 Å². The standard InChI is InChI=1S/C17H20N2O3S2/c1-3-24(21,22)13-6-4-5-12(10-13)16(20)19-17-18-14-8-7-11(2)9-15(14)23-17/h4-6,10-11H,3,7-9H2,1-2H3,(H,18,19,20). The number of anilines is 1. The molecular weight excluding hydrogens is 344 g/mol. The van der Waals surface area contributed by atoms with Crippen LogP contribution < -0.4 is 5.32 Å². The number of aromatic nitrogens is 1. The molecule has 7 heteroatoms. The highest BCUT2D eigenvalue weighted by molar-refractivity contribution is 7.91. The molecule has 1 N–H and O–H groups in total. The van der Waals surface area contributed by atoms with Crippen molar-refractivity contribution in [2.45, 2.75) is 38.0 Å². The average molecular weight is 364 g/mol. The van der Waals surface area contributed by atoms with Gasteiger partial charge in [-0.25, -0.2) is 13.4 Å². The Morgan fingerprint density at radius 3 is 2.96 bits per heavy atom. The lowest BCUT2D eigenvalue weighted by Crippen LogP contribution is -2.13. The molecular formula is C17H20N2O3S2. The Bertz CT molecular complexity index is 872. The topological polar surface area (TPSA) is 76.1 Å². The third-order valence-electron chi connectivity index (χ3n) is 4.24. The molecule has 1 unspecified atom stereocenters. The molecule has 0 spiro atoms. The van der Waals surface area contributed by atoms with Gasteiger partial charge in [-0.3, -0.25) is 10.1 Å². The molecule has 1 heterocycles. The molecule has 3 rings (SSSR count). The Balaban J connectivity index is 1.80. The lowest BCUT2D eigenvalue weighted by atomic mass is 9.93. The number of nitrogens with zero attached hydrogens (tertiary/aromatic N) is 1. The molecule has 1 aromatic carbocycles. The van der Waals surface area contributed by atoms with Gasteiger partial charge < -0.3 is 0 Å². The van der Waals surface area contributed by atoms with Crippen molar-refractivity contribution < 1.29 is 13.2 Å². The van der Waals surface area contributed by atoms with Gasteiger partial charge in [-0.1, -0.05) is 19.9 Å². The Hall–Kier alpha value is -1.73. The molecule has 0 saturated heterocycles. The highest BCUT2D eigenvalue weighted by Crippen LogP contribution is 2.32. The summed E-state index contributed by atoms with van der Waals surface area (Å²) in [6.07, 6.45) is 3.08. The van der Waals surface area contributed by atoms with E-state index >= 15 is 0 Å². The van der Waals surface area contributed by atoms with E-state index in [9.17, 15) is 13.2 Å². The summed E-state index contributed by atoms with van der Waals surface area (Å²) in [7, 11) is -3.33. The number of fused-ring (bicyclic) bond motifs is 1. The predicted molar refractivity (Wildman–Crippen MR) is 95.4 cm³/mol. The van der Waals surface area contributed by atoms with Gasteiger partial charge in [0.2, 0.25) is 0 Å². The van der Waals surface area contributed by atoms with E-state index in [4.69, 9.17) is 0 Å². The summed E-state index contributed by atoms with van der Waals surface area (Å²) in [6, 6.07) is 6.13. The fraction of sp³-hybridized carbons (Fsp3) is 0.412. The number of benzene rings is 1. The van der Waals surface area contributed by atoms with Gasteiger partial charge in [0.05, 0.1) is 16.3 Å².